The van der Waals surface area contributed by atoms with Gasteiger partial charge in [-0.05, 0) is 34.1 Å². The zero-order valence-electron chi connectivity index (χ0n) is 10.1. The van der Waals surface area contributed by atoms with Gasteiger partial charge in [-0.1, -0.05) is 0 Å². The van der Waals surface area contributed by atoms with E-state index in [2.05, 4.69) is 21.2 Å². The molecule has 0 aliphatic carbocycles. The summed E-state index contributed by atoms with van der Waals surface area (Å²) in [6.07, 6.45) is 0. The summed E-state index contributed by atoms with van der Waals surface area (Å²) in [7, 11) is 0. The summed E-state index contributed by atoms with van der Waals surface area (Å²) in [6, 6.07) is 2.97. The van der Waals surface area contributed by atoms with Crippen molar-refractivity contribution in [3.8, 4) is 0 Å². The van der Waals surface area contributed by atoms with Gasteiger partial charge >= 0.3 is 12.0 Å². The van der Waals surface area contributed by atoms with Gasteiger partial charge in [0, 0.05) is 5.69 Å². The van der Waals surface area contributed by atoms with Gasteiger partial charge in [0.15, 0.2) is 0 Å². The molecule has 0 radical (unpaired) electrons. The highest BCUT2D eigenvalue weighted by Gasteiger charge is 2.19. The Morgan fingerprint density at radius 2 is 2.00 bits per heavy atom. The molecule has 0 aromatic heterocycles. The van der Waals surface area contributed by atoms with E-state index in [1.807, 2.05) is 0 Å². The summed E-state index contributed by atoms with van der Waals surface area (Å²) in [6.45, 7) is -1.26. The Morgan fingerprint density at radius 1 is 1.35 bits per heavy atom. The van der Waals surface area contributed by atoms with Gasteiger partial charge in [-0.2, -0.15) is 0 Å². The van der Waals surface area contributed by atoms with Gasteiger partial charge in [0.1, 0.15) is 18.9 Å². The summed E-state index contributed by atoms with van der Waals surface area (Å²) in [5.41, 5.74) is 5.05. The molecule has 0 bridgehead atoms. The number of urea groups is 1. The van der Waals surface area contributed by atoms with Crippen LogP contribution in [0.2, 0.25) is 0 Å². The number of hydrogen-bond donors (Lipinski definition) is 3. The van der Waals surface area contributed by atoms with Gasteiger partial charge in [0.05, 0.1) is 4.47 Å². The highest BCUT2D eigenvalue weighted by atomic mass is 79.9. The second-order valence-corrected chi connectivity index (χ2v) is 4.63. The number of nitrogens with two attached hydrogens (primary N) is 1. The van der Waals surface area contributed by atoms with E-state index in [1.54, 1.807) is 0 Å². The molecule has 1 aromatic rings. The highest BCUT2D eigenvalue weighted by molar-refractivity contribution is 9.10. The van der Waals surface area contributed by atoms with Crippen LogP contribution in [0, 0.1) is 5.82 Å². The number of carboxylic acids is 1. The number of carboxylic acid groups (broad SMARTS) is 1. The van der Waals surface area contributed by atoms with Crippen molar-refractivity contribution in [2.45, 2.75) is 0 Å². The third-order valence-corrected chi connectivity index (χ3v) is 2.77. The number of benzene rings is 1. The van der Waals surface area contributed by atoms with Crippen LogP contribution in [0.1, 0.15) is 0 Å². The number of primary amides is 1. The fraction of sp³-hybridized carbons (Fsp3) is 0.182. The van der Waals surface area contributed by atoms with Crippen molar-refractivity contribution in [2.75, 3.05) is 18.4 Å². The second kappa shape index (κ2) is 6.85. The molecular formula is C11H11BrFN3O4. The third-order valence-electron chi connectivity index (χ3n) is 2.13. The lowest BCUT2D eigenvalue weighted by molar-refractivity contribution is -0.137. The quantitative estimate of drug-likeness (QED) is 0.737. The van der Waals surface area contributed by atoms with Gasteiger partial charge in [-0.3, -0.25) is 9.59 Å². The second-order valence-electron chi connectivity index (χ2n) is 3.78. The van der Waals surface area contributed by atoms with Crippen molar-refractivity contribution < 1.29 is 23.9 Å². The Labute approximate surface area is 121 Å². The molecule has 0 unspecified atom stereocenters. The Morgan fingerprint density at radius 3 is 2.50 bits per heavy atom. The minimum Gasteiger partial charge on any atom is -0.480 e. The van der Waals surface area contributed by atoms with Crippen LogP contribution >= 0.6 is 15.9 Å². The highest BCUT2D eigenvalue weighted by Crippen LogP contribution is 2.19. The molecule has 0 heterocycles. The topological polar surface area (TPSA) is 113 Å². The Hall–Kier alpha value is -2.16. The zero-order chi connectivity index (χ0) is 15.3. The van der Waals surface area contributed by atoms with Crippen LogP contribution in [0.5, 0.6) is 0 Å². The SMILES string of the molecule is NC(=O)CN(CC(=O)O)C(=O)Nc1ccc(Br)c(F)c1. The molecule has 108 valence electrons. The average molecular weight is 348 g/mol. The zero-order valence-corrected chi connectivity index (χ0v) is 11.7. The number of carbonyl (C=O) groups excluding carboxylic acids is 2. The number of nitrogens with zero attached hydrogens (tertiary/aromatic N) is 1. The molecule has 4 N–H and O–H groups in total. The number of amides is 3. The molecule has 7 nitrogen and oxygen atoms in total. The van der Waals surface area contributed by atoms with Gasteiger partial charge in [-0.15, -0.1) is 0 Å². The number of anilines is 1. The number of hydrogen-bond acceptors (Lipinski definition) is 3. The van der Waals surface area contributed by atoms with E-state index in [-0.39, 0.29) is 10.2 Å². The van der Waals surface area contributed by atoms with E-state index in [0.29, 0.717) is 4.90 Å². The lowest BCUT2D eigenvalue weighted by Crippen LogP contribution is -2.43. The number of nitrogens with one attached hydrogen (secondary N) is 1. The van der Waals surface area contributed by atoms with E-state index >= 15 is 0 Å². The van der Waals surface area contributed by atoms with Gasteiger partial charge in [-0.25, -0.2) is 9.18 Å². The van der Waals surface area contributed by atoms with Crippen LogP contribution in [-0.2, 0) is 9.59 Å². The Kier molecular flexibility index (Phi) is 5.44. The molecule has 1 aromatic carbocycles. The number of halogens is 2. The minimum absolute atomic E-state index is 0.121. The van der Waals surface area contributed by atoms with Crippen molar-refractivity contribution in [3.63, 3.8) is 0 Å². The van der Waals surface area contributed by atoms with E-state index in [0.717, 1.165) is 6.07 Å². The molecule has 20 heavy (non-hydrogen) atoms. The fourth-order valence-corrected chi connectivity index (χ4v) is 1.57. The van der Waals surface area contributed by atoms with Crippen LogP contribution < -0.4 is 11.1 Å². The molecular weight excluding hydrogens is 337 g/mol. The van der Waals surface area contributed by atoms with Gasteiger partial charge in [0.2, 0.25) is 5.91 Å². The van der Waals surface area contributed by atoms with Crippen molar-refractivity contribution in [2.24, 2.45) is 5.73 Å². The number of rotatable bonds is 5. The van der Waals surface area contributed by atoms with E-state index in [4.69, 9.17) is 10.8 Å². The fourth-order valence-electron chi connectivity index (χ4n) is 1.33. The maximum atomic E-state index is 13.3. The Bertz CT molecular complexity index is 536. The number of carbonyl (C=O) groups is 3. The van der Waals surface area contributed by atoms with Gasteiger partial charge in [0.25, 0.3) is 0 Å². The maximum Gasteiger partial charge on any atom is 0.323 e. The average Bonchev–Trinajstić information content (AvgIpc) is 2.32. The third kappa shape index (κ3) is 4.84. The minimum atomic E-state index is -1.30. The molecule has 0 saturated heterocycles. The van der Waals surface area contributed by atoms with Crippen molar-refractivity contribution in [1.29, 1.82) is 0 Å². The summed E-state index contributed by atoms with van der Waals surface area (Å²) >= 11 is 2.95. The molecule has 0 atom stereocenters. The van der Waals surface area contributed by atoms with Crippen molar-refractivity contribution in [3.05, 3.63) is 28.5 Å². The predicted octanol–water partition coefficient (Wildman–Crippen LogP) is 0.992. The molecule has 0 spiro atoms. The molecule has 0 aliphatic heterocycles. The van der Waals surface area contributed by atoms with Crippen LogP contribution in [0.15, 0.2) is 22.7 Å². The Balaban J connectivity index is 2.81. The summed E-state index contributed by atoms with van der Waals surface area (Å²) in [5, 5.41) is 10.9. The molecule has 9 heteroatoms. The first-order chi connectivity index (χ1) is 9.29. The van der Waals surface area contributed by atoms with Crippen molar-refractivity contribution in [1.82, 2.24) is 4.90 Å². The first-order valence-corrected chi connectivity index (χ1v) is 6.10. The lowest BCUT2D eigenvalue weighted by Gasteiger charge is -2.19. The molecule has 3 amide bonds. The smallest absolute Gasteiger partial charge is 0.323 e. The summed E-state index contributed by atoms with van der Waals surface area (Å²) < 4.78 is 13.5. The van der Waals surface area contributed by atoms with Crippen LogP contribution in [0.25, 0.3) is 0 Å². The first kappa shape index (κ1) is 15.9. The van der Waals surface area contributed by atoms with Crippen LogP contribution in [0.4, 0.5) is 14.9 Å². The normalized spacial score (nSPS) is 9.90. The van der Waals surface area contributed by atoms with Crippen LogP contribution in [-0.4, -0.2) is 41.0 Å². The monoisotopic (exact) mass is 347 g/mol. The number of aliphatic carboxylic acids is 1. The van der Waals surface area contributed by atoms with Crippen molar-refractivity contribution >= 4 is 39.5 Å². The summed E-state index contributed by atoms with van der Waals surface area (Å²) in [5.74, 6) is -2.76. The van der Waals surface area contributed by atoms with Gasteiger partial charge < -0.3 is 21.1 Å². The molecule has 0 aliphatic rings. The lowest BCUT2D eigenvalue weighted by atomic mass is 10.3. The molecule has 0 fully saturated rings. The maximum absolute atomic E-state index is 13.3. The standard InChI is InChI=1S/C11H11BrFN3O4/c12-7-2-1-6(3-8(7)13)15-11(20)16(4-9(14)17)5-10(18)19/h1-3H,4-5H2,(H2,14,17)(H,15,20)(H,18,19). The summed E-state index contributed by atoms with van der Waals surface area (Å²) in [4.78, 5) is 33.9. The first-order valence-electron chi connectivity index (χ1n) is 5.30. The molecule has 1 rings (SSSR count). The van der Waals surface area contributed by atoms with E-state index < -0.39 is 36.8 Å². The predicted molar refractivity (Wildman–Crippen MR) is 71.5 cm³/mol. The van der Waals surface area contributed by atoms with E-state index in [1.165, 1.54) is 12.1 Å². The largest absolute Gasteiger partial charge is 0.480 e. The van der Waals surface area contributed by atoms with Crippen LogP contribution in [0.3, 0.4) is 0 Å². The van der Waals surface area contributed by atoms with E-state index in [9.17, 15) is 18.8 Å². The molecule has 0 saturated carbocycles.